The molecule has 1 saturated heterocycles. The molecule has 2 heterocycles. The topological polar surface area (TPSA) is 32.3 Å². The highest BCUT2D eigenvalue weighted by Crippen LogP contribution is 2.30. The Balaban J connectivity index is 1.62. The number of nitrogens with zero attached hydrogens (tertiary/aromatic N) is 1. The molecule has 3 nitrogen and oxygen atoms in total. The number of rotatable bonds is 4. The normalized spacial score (nSPS) is 25.2. The summed E-state index contributed by atoms with van der Waals surface area (Å²) in [7, 11) is 0. The van der Waals surface area contributed by atoms with E-state index in [4.69, 9.17) is 0 Å². The Hall–Kier alpha value is -0.870. The van der Waals surface area contributed by atoms with Crippen LogP contribution in [0.2, 0.25) is 0 Å². The highest BCUT2D eigenvalue weighted by atomic mass is 32.1. The van der Waals surface area contributed by atoms with Gasteiger partial charge in [-0.25, -0.2) is 0 Å². The van der Waals surface area contributed by atoms with Gasteiger partial charge in [-0.3, -0.25) is 10.1 Å². The van der Waals surface area contributed by atoms with Gasteiger partial charge in [0.05, 0.1) is 6.54 Å². The number of amides is 1. The zero-order chi connectivity index (χ0) is 12.4. The summed E-state index contributed by atoms with van der Waals surface area (Å²) < 4.78 is 0. The lowest BCUT2D eigenvalue weighted by Gasteiger charge is -2.25. The van der Waals surface area contributed by atoms with Gasteiger partial charge in [0.25, 0.3) is 0 Å². The Bertz CT molecular complexity index is 398. The summed E-state index contributed by atoms with van der Waals surface area (Å²) in [5.74, 6) is 1.10. The molecule has 0 aromatic carbocycles. The van der Waals surface area contributed by atoms with Crippen molar-refractivity contribution in [1.29, 1.82) is 0 Å². The summed E-state index contributed by atoms with van der Waals surface area (Å²) in [6, 6.07) is 2.11. The fourth-order valence-corrected chi connectivity index (χ4v) is 3.82. The van der Waals surface area contributed by atoms with Gasteiger partial charge in [0.2, 0.25) is 5.91 Å². The van der Waals surface area contributed by atoms with Crippen molar-refractivity contribution in [2.75, 3.05) is 13.1 Å². The molecule has 1 N–H and O–H groups in total. The molecule has 1 aliphatic carbocycles. The van der Waals surface area contributed by atoms with Gasteiger partial charge in [-0.15, -0.1) is 0 Å². The van der Waals surface area contributed by atoms with Crippen molar-refractivity contribution < 1.29 is 4.79 Å². The van der Waals surface area contributed by atoms with Crippen LogP contribution in [-0.4, -0.2) is 23.9 Å². The van der Waals surface area contributed by atoms with Crippen LogP contribution in [0.25, 0.3) is 0 Å². The van der Waals surface area contributed by atoms with Gasteiger partial charge >= 0.3 is 0 Å². The Morgan fingerprint density at radius 2 is 2.22 bits per heavy atom. The molecule has 18 heavy (non-hydrogen) atoms. The molecule has 1 amide bonds. The summed E-state index contributed by atoms with van der Waals surface area (Å²) in [6.07, 6.45) is 6.77. The van der Waals surface area contributed by atoms with E-state index in [1.807, 2.05) is 4.90 Å². The van der Waals surface area contributed by atoms with E-state index in [1.54, 1.807) is 11.3 Å². The van der Waals surface area contributed by atoms with Crippen molar-refractivity contribution in [1.82, 2.24) is 10.2 Å². The molecule has 0 bridgehead atoms. The van der Waals surface area contributed by atoms with Crippen molar-refractivity contribution in [3.8, 4) is 0 Å². The Morgan fingerprint density at radius 1 is 1.39 bits per heavy atom. The van der Waals surface area contributed by atoms with Gasteiger partial charge in [-0.05, 0) is 34.7 Å². The molecule has 1 aromatic heterocycles. The van der Waals surface area contributed by atoms with Crippen LogP contribution in [0.4, 0.5) is 0 Å². The molecule has 1 unspecified atom stereocenters. The number of nitrogens with one attached hydrogen (secondary N) is 1. The lowest BCUT2D eigenvalue weighted by molar-refractivity contribution is -0.128. The van der Waals surface area contributed by atoms with Crippen LogP contribution in [-0.2, 0) is 4.79 Å². The van der Waals surface area contributed by atoms with Crippen LogP contribution in [0.3, 0.4) is 0 Å². The van der Waals surface area contributed by atoms with Crippen LogP contribution in [0.15, 0.2) is 16.8 Å². The molecular weight excluding hydrogens is 244 g/mol. The highest BCUT2D eigenvalue weighted by Gasteiger charge is 2.32. The predicted octanol–water partition coefficient (Wildman–Crippen LogP) is 2.76. The largest absolute Gasteiger partial charge is 0.322 e. The molecule has 1 aliphatic heterocycles. The quantitative estimate of drug-likeness (QED) is 0.907. The Kier molecular flexibility index (Phi) is 3.66. The number of carbonyl (C=O) groups is 1. The Morgan fingerprint density at radius 3 is 2.94 bits per heavy atom. The first-order chi connectivity index (χ1) is 8.84. The molecule has 4 heteroatoms. The van der Waals surface area contributed by atoms with Gasteiger partial charge in [0, 0.05) is 6.54 Å². The van der Waals surface area contributed by atoms with Crippen molar-refractivity contribution in [2.45, 2.75) is 38.3 Å². The molecule has 0 spiro atoms. The summed E-state index contributed by atoms with van der Waals surface area (Å²) in [5.41, 5.74) is 1.23. The third-order valence-corrected chi connectivity index (χ3v) is 4.89. The number of hydrogen-bond donors (Lipinski definition) is 1. The fraction of sp³-hybridized carbons (Fsp3) is 0.643. The maximum Gasteiger partial charge on any atom is 0.238 e. The summed E-state index contributed by atoms with van der Waals surface area (Å²) in [6.45, 7) is 1.40. The SMILES string of the molecule is O=C1CNC(c2ccsc2)N1CCC1CCCC1. The van der Waals surface area contributed by atoms with E-state index in [0.29, 0.717) is 6.54 Å². The minimum Gasteiger partial charge on any atom is -0.322 e. The first-order valence-corrected chi connectivity index (χ1v) is 7.84. The molecule has 1 aromatic rings. The van der Waals surface area contributed by atoms with Crippen LogP contribution in [0.1, 0.15) is 43.8 Å². The van der Waals surface area contributed by atoms with Gasteiger partial charge in [0.1, 0.15) is 6.17 Å². The Labute approximate surface area is 112 Å². The molecule has 1 atom stereocenters. The standard InChI is InChI=1S/C14H20N2OS/c17-13-9-15-14(12-6-8-18-10-12)16(13)7-5-11-3-1-2-4-11/h6,8,10-11,14-15H,1-5,7,9H2. The number of carbonyl (C=O) groups excluding carboxylic acids is 1. The summed E-state index contributed by atoms with van der Waals surface area (Å²) >= 11 is 1.70. The smallest absolute Gasteiger partial charge is 0.238 e. The van der Waals surface area contributed by atoms with Gasteiger partial charge < -0.3 is 4.90 Å². The predicted molar refractivity (Wildman–Crippen MR) is 73.4 cm³/mol. The molecular formula is C14H20N2OS. The van der Waals surface area contributed by atoms with Crippen molar-refractivity contribution >= 4 is 17.2 Å². The summed E-state index contributed by atoms with van der Waals surface area (Å²) in [4.78, 5) is 14.0. The van der Waals surface area contributed by atoms with Crippen LogP contribution >= 0.6 is 11.3 Å². The minimum atomic E-state index is 0.116. The van der Waals surface area contributed by atoms with Gasteiger partial charge in [-0.2, -0.15) is 11.3 Å². The third kappa shape index (κ3) is 2.45. The van der Waals surface area contributed by atoms with E-state index in [-0.39, 0.29) is 12.1 Å². The van der Waals surface area contributed by atoms with E-state index in [9.17, 15) is 4.79 Å². The molecule has 3 rings (SSSR count). The van der Waals surface area contributed by atoms with Crippen molar-refractivity contribution in [2.24, 2.45) is 5.92 Å². The fourth-order valence-electron chi connectivity index (χ4n) is 3.14. The third-order valence-electron chi connectivity index (χ3n) is 4.19. The molecule has 1 saturated carbocycles. The monoisotopic (exact) mass is 264 g/mol. The highest BCUT2D eigenvalue weighted by molar-refractivity contribution is 7.07. The first kappa shape index (κ1) is 12.2. The maximum absolute atomic E-state index is 12.0. The average molecular weight is 264 g/mol. The minimum absolute atomic E-state index is 0.116. The summed E-state index contributed by atoms with van der Waals surface area (Å²) in [5, 5.41) is 7.53. The lowest BCUT2D eigenvalue weighted by atomic mass is 10.0. The van der Waals surface area contributed by atoms with Gasteiger partial charge in [-0.1, -0.05) is 25.7 Å². The molecule has 2 aliphatic rings. The van der Waals surface area contributed by atoms with Crippen molar-refractivity contribution in [3.63, 3.8) is 0 Å². The number of hydrogen-bond acceptors (Lipinski definition) is 3. The van der Waals surface area contributed by atoms with E-state index >= 15 is 0 Å². The van der Waals surface area contributed by atoms with E-state index in [2.05, 4.69) is 22.1 Å². The molecule has 0 radical (unpaired) electrons. The first-order valence-electron chi connectivity index (χ1n) is 6.89. The average Bonchev–Trinajstić information content (AvgIpc) is 3.08. The maximum atomic E-state index is 12.0. The van der Waals surface area contributed by atoms with Crippen LogP contribution in [0.5, 0.6) is 0 Å². The zero-order valence-electron chi connectivity index (χ0n) is 10.6. The van der Waals surface area contributed by atoms with Crippen LogP contribution in [0, 0.1) is 5.92 Å². The van der Waals surface area contributed by atoms with E-state index in [0.717, 1.165) is 12.5 Å². The zero-order valence-corrected chi connectivity index (χ0v) is 11.4. The van der Waals surface area contributed by atoms with E-state index < -0.39 is 0 Å². The van der Waals surface area contributed by atoms with Crippen LogP contribution < -0.4 is 5.32 Å². The molecule has 2 fully saturated rings. The second-order valence-electron chi connectivity index (χ2n) is 5.37. The van der Waals surface area contributed by atoms with Gasteiger partial charge in [0.15, 0.2) is 0 Å². The number of thiophene rings is 1. The van der Waals surface area contributed by atoms with Crippen molar-refractivity contribution in [3.05, 3.63) is 22.4 Å². The second kappa shape index (κ2) is 5.41. The second-order valence-corrected chi connectivity index (χ2v) is 6.15. The van der Waals surface area contributed by atoms with E-state index in [1.165, 1.54) is 37.7 Å². The molecule has 98 valence electrons. The lowest BCUT2D eigenvalue weighted by Crippen LogP contribution is -2.31.